The average molecular weight is 331 g/mol. The molecule has 2 heteroatoms. The predicted octanol–water partition coefficient (Wildman–Crippen LogP) is 5.04. The van der Waals surface area contributed by atoms with Crippen LogP contribution < -0.4 is 0 Å². The molecule has 0 N–H and O–H groups in total. The summed E-state index contributed by atoms with van der Waals surface area (Å²) in [6.45, 7) is 1.92. The highest BCUT2D eigenvalue weighted by atomic mass is 16.5. The second kappa shape index (κ2) is 7.38. The number of likely N-dealkylation sites (tertiary alicyclic amines) is 1. The van der Waals surface area contributed by atoms with Crippen molar-refractivity contribution in [3.63, 3.8) is 0 Å². The topological polar surface area (TPSA) is 12.5 Å². The Morgan fingerprint density at radius 1 is 0.960 bits per heavy atom. The van der Waals surface area contributed by atoms with Gasteiger partial charge < -0.3 is 4.74 Å². The first-order valence-corrected chi connectivity index (χ1v) is 9.16. The molecule has 1 aliphatic heterocycles. The fraction of sp³-hybridized carbons (Fsp3) is 0.304. The van der Waals surface area contributed by atoms with Gasteiger partial charge in [-0.3, -0.25) is 4.90 Å². The van der Waals surface area contributed by atoms with Crippen LogP contribution in [-0.2, 0) is 4.74 Å². The standard InChI is InChI=1S/C23H25NO/c1-25-17-20-13-8-16-24(20)23(19-10-3-2-4-11-19)22-15-7-12-18-9-5-6-14-21(18)22/h2-7,9-12,14-15,20,23H,8,13,16-17H2,1H3/t20-,23?/m0/s1. The van der Waals surface area contributed by atoms with Gasteiger partial charge in [-0.05, 0) is 41.3 Å². The lowest BCUT2D eigenvalue weighted by Gasteiger charge is -2.34. The van der Waals surface area contributed by atoms with Crippen molar-refractivity contribution in [1.82, 2.24) is 4.90 Å². The van der Waals surface area contributed by atoms with Gasteiger partial charge in [0.2, 0.25) is 0 Å². The number of rotatable bonds is 5. The van der Waals surface area contributed by atoms with E-state index in [0.29, 0.717) is 6.04 Å². The third-order valence-electron chi connectivity index (χ3n) is 5.35. The summed E-state index contributed by atoms with van der Waals surface area (Å²) in [5, 5.41) is 2.66. The first kappa shape index (κ1) is 16.3. The van der Waals surface area contributed by atoms with Crippen molar-refractivity contribution >= 4 is 10.8 Å². The van der Waals surface area contributed by atoms with Crippen molar-refractivity contribution in [2.75, 3.05) is 20.3 Å². The van der Waals surface area contributed by atoms with Crippen LogP contribution in [0, 0.1) is 0 Å². The summed E-state index contributed by atoms with van der Waals surface area (Å²) in [5.74, 6) is 0. The van der Waals surface area contributed by atoms with E-state index in [-0.39, 0.29) is 6.04 Å². The molecule has 0 saturated carbocycles. The Labute approximate surface area is 150 Å². The zero-order chi connectivity index (χ0) is 17.1. The summed E-state index contributed by atoms with van der Waals surface area (Å²) < 4.78 is 5.52. The van der Waals surface area contributed by atoms with Crippen molar-refractivity contribution in [1.29, 1.82) is 0 Å². The molecule has 128 valence electrons. The van der Waals surface area contributed by atoms with Gasteiger partial charge in [-0.25, -0.2) is 0 Å². The molecular formula is C23H25NO. The minimum absolute atomic E-state index is 0.273. The van der Waals surface area contributed by atoms with Gasteiger partial charge in [0, 0.05) is 13.2 Å². The van der Waals surface area contributed by atoms with Crippen LogP contribution in [0.2, 0.25) is 0 Å². The number of hydrogen-bond acceptors (Lipinski definition) is 2. The zero-order valence-electron chi connectivity index (χ0n) is 14.8. The molecule has 1 fully saturated rings. The predicted molar refractivity (Wildman–Crippen MR) is 104 cm³/mol. The van der Waals surface area contributed by atoms with Crippen molar-refractivity contribution in [3.8, 4) is 0 Å². The molecule has 0 spiro atoms. The van der Waals surface area contributed by atoms with Crippen molar-refractivity contribution in [2.24, 2.45) is 0 Å². The second-order valence-electron chi connectivity index (χ2n) is 6.87. The van der Waals surface area contributed by atoms with Gasteiger partial charge in [-0.15, -0.1) is 0 Å². The van der Waals surface area contributed by atoms with Gasteiger partial charge >= 0.3 is 0 Å². The molecule has 2 nitrogen and oxygen atoms in total. The number of benzene rings is 3. The summed E-state index contributed by atoms with van der Waals surface area (Å²) in [6.07, 6.45) is 2.45. The number of nitrogens with zero attached hydrogens (tertiary/aromatic N) is 1. The largest absolute Gasteiger partial charge is 0.383 e. The lowest BCUT2D eigenvalue weighted by Crippen LogP contribution is -2.37. The number of hydrogen-bond donors (Lipinski definition) is 0. The van der Waals surface area contributed by atoms with Crippen LogP contribution in [0.3, 0.4) is 0 Å². The van der Waals surface area contributed by atoms with Crippen LogP contribution in [-0.4, -0.2) is 31.2 Å². The van der Waals surface area contributed by atoms with Crippen LogP contribution >= 0.6 is 0 Å². The Morgan fingerprint density at radius 3 is 2.56 bits per heavy atom. The molecule has 3 aromatic carbocycles. The lowest BCUT2D eigenvalue weighted by atomic mass is 9.92. The lowest BCUT2D eigenvalue weighted by molar-refractivity contribution is 0.0993. The van der Waals surface area contributed by atoms with Gasteiger partial charge in [0.1, 0.15) is 0 Å². The van der Waals surface area contributed by atoms with E-state index >= 15 is 0 Å². The maximum Gasteiger partial charge on any atom is 0.0618 e. The third-order valence-corrected chi connectivity index (χ3v) is 5.35. The molecule has 0 amide bonds. The smallest absolute Gasteiger partial charge is 0.0618 e. The normalized spacial score (nSPS) is 19.3. The Hall–Kier alpha value is -2.16. The maximum atomic E-state index is 5.52. The highest BCUT2D eigenvalue weighted by Gasteiger charge is 2.33. The summed E-state index contributed by atoms with van der Waals surface area (Å²) in [5.41, 5.74) is 2.76. The highest BCUT2D eigenvalue weighted by Crippen LogP contribution is 2.37. The van der Waals surface area contributed by atoms with Crippen LogP contribution in [0.1, 0.15) is 30.0 Å². The fourth-order valence-electron chi connectivity index (χ4n) is 4.24. The minimum atomic E-state index is 0.273. The van der Waals surface area contributed by atoms with E-state index in [2.05, 4.69) is 77.7 Å². The first-order chi connectivity index (χ1) is 12.4. The molecule has 4 rings (SSSR count). The molecule has 25 heavy (non-hydrogen) atoms. The van der Waals surface area contributed by atoms with E-state index in [1.807, 2.05) is 7.11 Å². The molecule has 0 bridgehead atoms. The van der Waals surface area contributed by atoms with E-state index in [0.717, 1.165) is 13.2 Å². The van der Waals surface area contributed by atoms with Gasteiger partial charge in [0.15, 0.2) is 0 Å². The Kier molecular flexibility index (Phi) is 4.82. The summed E-state index contributed by atoms with van der Waals surface area (Å²) in [7, 11) is 1.81. The van der Waals surface area contributed by atoms with Crippen LogP contribution in [0.5, 0.6) is 0 Å². The van der Waals surface area contributed by atoms with Crippen molar-refractivity contribution in [2.45, 2.75) is 24.9 Å². The summed E-state index contributed by atoms with van der Waals surface area (Å²) >= 11 is 0. The quantitative estimate of drug-likeness (QED) is 0.649. The van der Waals surface area contributed by atoms with Gasteiger partial charge in [0.25, 0.3) is 0 Å². The van der Waals surface area contributed by atoms with E-state index in [1.54, 1.807) is 0 Å². The minimum Gasteiger partial charge on any atom is -0.383 e. The molecule has 3 aromatic rings. The number of ether oxygens (including phenoxy) is 1. The van der Waals surface area contributed by atoms with E-state index in [1.165, 1.54) is 34.7 Å². The monoisotopic (exact) mass is 331 g/mol. The molecule has 0 aliphatic carbocycles. The molecule has 2 atom stereocenters. The van der Waals surface area contributed by atoms with Gasteiger partial charge in [0.05, 0.1) is 12.6 Å². The maximum absolute atomic E-state index is 5.52. The summed E-state index contributed by atoms with van der Waals surface area (Å²) in [6, 6.07) is 27.1. The molecule has 1 aliphatic rings. The SMILES string of the molecule is COC[C@@H]1CCCN1C(c1ccccc1)c1cccc2ccccc12. The molecule has 1 saturated heterocycles. The van der Waals surface area contributed by atoms with E-state index in [9.17, 15) is 0 Å². The van der Waals surface area contributed by atoms with Gasteiger partial charge in [-0.2, -0.15) is 0 Å². The van der Waals surface area contributed by atoms with E-state index < -0.39 is 0 Å². The van der Waals surface area contributed by atoms with E-state index in [4.69, 9.17) is 4.74 Å². The average Bonchev–Trinajstić information content (AvgIpc) is 3.11. The molecule has 0 aromatic heterocycles. The molecule has 0 radical (unpaired) electrons. The van der Waals surface area contributed by atoms with Crippen molar-refractivity contribution < 1.29 is 4.74 Å². The third kappa shape index (κ3) is 3.20. The number of fused-ring (bicyclic) bond motifs is 1. The fourth-order valence-corrected chi connectivity index (χ4v) is 4.24. The van der Waals surface area contributed by atoms with Gasteiger partial charge in [-0.1, -0.05) is 72.8 Å². The Balaban J connectivity index is 1.86. The molecule has 1 heterocycles. The highest BCUT2D eigenvalue weighted by molar-refractivity contribution is 5.86. The second-order valence-corrected chi connectivity index (χ2v) is 6.87. The molecular weight excluding hydrogens is 306 g/mol. The Morgan fingerprint density at radius 2 is 1.72 bits per heavy atom. The molecule has 1 unspecified atom stereocenters. The zero-order valence-corrected chi connectivity index (χ0v) is 14.8. The Bertz CT molecular complexity index is 824. The van der Waals surface area contributed by atoms with Crippen LogP contribution in [0.15, 0.2) is 72.8 Å². The van der Waals surface area contributed by atoms with Crippen LogP contribution in [0.4, 0.5) is 0 Å². The number of methoxy groups -OCH3 is 1. The first-order valence-electron chi connectivity index (χ1n) is 9.16. The van der Waals surface area contributed by atoms with Crippen LogP contribution in [0.25, 0.3) is 10.8 Å². The summed E-state index contributed by atoms with van der Waals surface area (Å²) in [4.78, 5) is 2.64. The van der Waals surface area contributed by atoms with Crippen molar-refractivity contribution in [3.05, 3.63) is 83.9 Å².